The lowest BCUT2D eigenvalue weighted by Gasteiger charge is -2.35. The molecule has 4 heteroatoms. The SMILES string of the molecule is FC(F)(F)Cc1cccc(C2CCCC(N3CCCC3)C2)c1. The number of halogens is 3. The second-order valence-electron chi connectivity index (χ2n) is 6.80. The summed E-state index contributed by atoms with van der Waals surface area (Å²) in [5.41, 5.74) is 1.50. The van der Waals surface area contributed by atoms with Gasteiger partial charge in [-0.25, -0.2) is 0 Å². The summed E-state index contributed by atoms with van der Waals surface area (Å²) < 4.78 is 37.7. The van der Waals surface area contributed by atoms with Gasteiger partial charge < -0.3 is 4.90 Å². The maximum atomic E-state index is 12.6. The normalized spacial score (nSPS) is 27.2. The van der Waals surface area contributed by atoms with Crippen LogP contribution >= 0.6 is 0 Å². The first-order valence-electron chi connectivity index (χ1n) is 8.41. The van der Waals surface area contributed by atoms with E-state index in [2.05, 4.69) is 4.90 Å². The highest BCUT2D eigenvalue weighted by Crippen LogP contribution is 2.36. The lowest BCUT2D eigenvalue weighted by molar-refractivity contribution is -0.127. The van der Waals surface area contributed by atoms with Crippen LogP contribution in [0.3, 0.4) is 0 Å². The molecule has 2 fully saturated rings. The number of benzene rings is 1. The zero-order chi connectivity index (χ0) is 15.6. The van der Waals surface area contributed by atoms with E-state index in [9.17, 15) is 13.2 Å². The molecular formula is C18H24F3N. The highest BCUT2D eigenvalue weighted by atomic mass is 19.4. The van der Waals surface area contributed by atoms with Crippen LogP contribution in [0, 0.1) is 0 Å². The van der Waals surface area contributed by atoms with E-state index in [1.165, 1.54) is 38.8 Å². The van der Waals surface area contributed by atoms with Crippen LogP contribution in [-0.2, 0) is 6.42 Å². The number of alkyl halides is 3. The van der Waals surface area contributed by atoms with Gasteiger partial charge in [-0.05, 0) is 62.2 Å². The highest BCUT2D eigenvalue weighted by molar-refractivity contribution is 5.27. The van der Waals surface area contributed by atoms with E-state index < -0.39 is 12.6 Å². The quantitative estimate of drug-likeness (QED) is 0.766. The van der Waals surface area contributed by atoms with Gasteiger partial charge in [-0.2, -0.15) is 13.2 Å². The molecule has 2 unspecified atom stereocenters. The van der Waals surface area contributed by atoms with E-state index in [0.29, 0.717) is 17.5 Å². The van der Waals surface area contributed by atoms with Crippen molar-refractivity contribution in [3.8, 4) is 0 Å². The first kappa shape index (κ1) is 15.9. The molecule has 1 heterocycles. The summed E-state index contributed by atoms with van der Waals surface area (Å²) in [5, 5.41) is 0. The third-order valence-corrected chi connectivity index (χ3v) is 5.13. The molecule has 1 aliphatic carbocycles. The molecule has 0 bridgehead atoms. The van der Waals surface area contributed by atoms with Gasteiger partial charge in [0.05, 0.1) is 6.42 Å². The molecule has 1 nitrogen and oxygen atoms in total. The summed E-state index contributed by atoms with van der Waals surface area (Å²) in [6.07, 6.45) is 2.31. The van der Waals surface area contributed by atoms with Gasteiger partial charge in [-0.1, -0.05) is 30.7 Å². The molecular weight excluding hydrogens is 287 g/mol. The summed E-state index contributed by atoms with van der Waals surface area (Å²) in [5.74, 6) is 0.424. The zero-order valence-electron chi connectivity index (χ0n) is 12.9. The zero-order valence-corrected chi connectivity index (χ0v) is 12.9. The van der Waals surface area contributed by atoms with Crippen molar-refractivity contribution in [1.82, 2.24) is 4.90 Å². The Morgan fingerprint density at radius 3 is 2.55 bits per heavy atom. The van der Waals surface area contributed by atoms with Crippen LogP contribution in [0.25, 0.3) is 0 Å². The topological polar surface area (TPSA) is 3.24 Å². The van der Waals surface area contributed by atoms with E-state index in [1.807, 2.05) is 6.07 Å². The largest absolute Gasteiger partial charge is 0.393 e. The third-order valence-electron chi connectivity index (χ3n) is 5.13. The average molecular weight is 311 g/mol. The van der Waals surface area contributed by atoms with Crippen molar-refractivity contribution in [2.24, 2.45) is 0 Å². The Morgan fingerprint density at radius 1 is 1.05 bits per heavy atom. The van der Waals surface area contributed by atoms with E-state index in [-0.39, 0.29) is 0 Å². The third kappa shape index (κ3) is 4.03. The molecule has 3 rings (SSSR count). The van der Waals surface area contributed by atoms with Gasteiger partial charge >= 0.3 is 6.18 Å². The van der Waals surface area contributed by atoms with Gasteiger partial charge in [-0.3, -0.25) is 0 Å². The maximum Gasteiger partial charge on any atom is 0.393 e. The van der Waals surface area contributed by atoms with E-state index >= 15 is 0 Å². The van der Waals surface area contributed by atoms with E-state index in [4.69, 9.17) is 0 Å². The summed E-state index contributed by atoms with van der Waals surface area (Å²) >= 11 is 0. The highest BCUT2D eigenvalue weighted by Gasteiger charge is 2.30. The molecule has 1 saturated heterocycles. The van der Waals surface area contributed by atoms with Crippen molar-refractivity contribution in [1.29, 1.82) is 0 Å². The minimum absolute atomic E-state index is 0.397. The Hall–Kier alpha value is -1.03. The first-order valence-corrected chi connectivity index (χ1v) is 8.41. The minimum atomic E-state index is -4.12. The summed E-state index contributed by atoms with van der Waals surface area (Å²) in [6, 6.07) is 7.81. The maximum absolute atomic E-state index is 12.6. The van der Waals surface area contributed by atoms with Crippen LogP contribution in [-0.4, -0.2) is 30.2 Å². The van der Waals surface area contributed by atoms with Crippen LogP contribution in [0.15, 0.2) is 24.3 Å². The van der Waals surface area contributed by atoms with Gasteiger partial charge in [-0.15, -0.1) is 0 Å². The fourth-order valence-corrected chi connectivity index (χ4v) is 4.09. The van der Waals surface area contributed by atoms with Crippen molar-refractivity contribution in [3.63, 3.8) is 0 Å². The predicted molar refractivity (Wildman–Crippen MR) is 82.0 cm³/mol. The van der Waals surface area contributed by atoms with Crippen LogP contribution in [0.2, 0.25) is 0 Å². The molecule has 0 spiro atoms. The smallest absolute Gasteiger partial charge is 0.300 e. The number of hydrogen-bond acceptors (Lipinski definition) is 1. The predicted octanol–water partition coefficient (Wildman–Crippen LogP) is 4.91. The fourth-order valence-electron chi connectivity index (χ4n) is 4.09. The molecule has 0 N–H and O–H groups in total. The van der Waals surface area contributed by atoms with Gasteiger partial charge in [0.1, 0.15) is 0 Å². The minimum Gasteiger partial charge on any atom is -0.300 e. The van der Waals surface area contributed by atoms with E-state index in [0.717, 1.165) is 18.4 Å². The Balaban J connectivity index is 1.68. The van der Waals surface area contributed by atoms with Crippen molar-refractivity contribution >= 4 is 0 Å². The van der Waals surface area contributed by atoms with Crippen LogP contribution in [0.5, 0.6) is 0 Å². The summed E-state index contributed by atoms with van der Waals surface area (Å²) in [7, 11) is 0. The number of nitrogens with zero attached hydrogens (tertiary/aromatic N) is 1. The Morgan fingerprint density at radius 2 is 1.82 bits per heavy atom. The number of likely N-dealkylation sites (tertiary alicyclic amines) is 1. The van der Waals surface area contributed by atoms with Crippen molar-refractivity contribution in [2.45, 2.75) is 63.1 Å². The molecule has 122 valence electrons. The van der Waals surface area contributed by atoms with E-state index in [1.54, 1.807) is 18.2 Å². The lowest BCUT2D eigenvalue weighted by Crippen LogP contribution is -2.36. The Labute approximate surface area is 130 Å². The molecule has 0 aromatic heterocycles. The lowest BCUT2D eigenvalue weighted by atomic mass is 9.80. The second-order valence-corrected chi connectivity index (χ2v) is 6.80. The van der Waals surface area contributed by atoms with Crippen molar-refractivity contribution in [2.75, 3.05) is 13.1 Å². The second kappa shape index (κ2) is 6.61. The molecule has 1 aliphatic heterocycles. The standard InChI is InChI=1S/C18H24F3N/c19-18(20,21)13-14-5-3-6-15(11-14)16-7-4-8-17(12-16)22-9-1-2-10-22/h3,5-6,11,16-17H,1-2,4,7-10,12-13H2. The van der Waals surface area contributed by atoms with Gasteiger partial charge in [0, 0.05) is 6.04 Å². The number of rotatable bonds is 3. The van der Waals surface area contributed by atoms with Crippen LogP contribution in [0.1, 0.15) is 55.6 Å². The van der Waals surface area contributed by atoms with Gasteiger partial charge in [0.25, 0.3) is 0 Å². The number of hydrogen-bond donors (Lipinski definition) is 0. The molecule has 1 saturated carbocycles. The van der Waals surface area contributed by atoms with Crippen molar-refractivity contribution in [3.05, 3.63) is 35.4 Å². The molecule has 2 aliphatic rings. The molecule has 0 amide bonds. The monoisotopic (exact) mass is 311 g/mol. The molecule has 22 heavy (non-hydrogen) atoms. The fraction of sp³-hybridized carbons (Fsp3) is 0.667. The Bertz CT molecular complexity index is 491. The molecule has 1 aromatic carbocycles. The first-order chi connectivity index (χ1) is 10.5. The molecule has 1 aromatic rings. The summed E-state index contributed by atoms with van der Waals surface area (Å²) in [6.45, 7) is 2.40. The average Bonchev–Trinajstić information content (AvgIpc) is 3.00. The van der Waals surface area contributed by atoms with Gasteiger partial charge in [0.2, 0.25) is 0 Å². The van der Waals surface area contributed by atoms with Gasteiger partial charge in [0.15, 0.2) is 0 Å². The van der Waals surface area contributed by atoms with Crippen LogP contribution in [0.4, 0.5) is 13.2 Å². The Kier molecular flexibility index (Phi) is 4.76. The molecule has 2 atom stereocenters. The van der Waals surface area contributed by atoms with Crippen LogP contribution < -0.4 is 0 Å². The summed E-state index contributed by atoms with van der Waals surface area (Å²) in [4.78, 5) is 2.59. The molecule has 0 radical (unpaired) electrons. The van der Waals surface area contributed by atoms with Crippen molar-refractivity contribution < 1.29 is 13.2 Å².